The summed E-state index contributed by atoms with van der Waals surface area (Å²) < 4.78 is 0. The summed E-state index contributed by atoms with van der Waals surface area (Å²) in [7, 11) is 0. The van der Waals surface area contributed by atoms with Crippen LogP contribution in [0.15, 0.2) is 18.2 Å². The molecule has 2 N–H and O–H groups in total. The molecule has 0 saturated carbocycles. The Morgan fingerprint density at radius 3 is 3.00 bits per heavy atom. The second kappa shape index (κ2) is 3.98. The van der Waals surface area contributed by atoms with Gasteiger partial charge in [-0.05, 0) is 55.6 Å². The highest BCUT2D eigenvalue weighted by atomic mass is 16.3. The van der Waals surface area contributed by atoms with Gasteiger partial charge in [0.05, 0.1) is 0 Å². The zero-order valence-electron chi connectivity index (χ0n) is 9.45. The highest BCUT2D eigenvalue weighted by molar-refractivity contribution is 5.55. The normalized spacial score (nSPS) is 24.4. The van der Waals surface area contributed by atoms with E-state index in [1.807, 2.05) is 12.1 Å². The minimum Gasteiger partial charge on any atom is -0.508 e. The van der Waals surface area contributed by atoms with Gasteiger partial charge >= 0.3 is 0 Å². The third-order valence-corrected chi connectivity index (χ3v) is 3.64. The van der Waals surface area contributed by atoms with Crippen LogP contribution in [0.5, 0.6) is 5.75 Å². The maximum atomic E-state index is 9.48. The lowest BCUT2D eigenvalue weighted by atomic mass is 9.92. The fourth-order valence-corrected chi connectivity index (χ4v) is 2.62. The van der Waals surface area contributed by atoms with Gasteiger partial charge in [0.2, 0.25) is 0 Å². The lowest BCUT2D eigenvalue weighted by molar-refractivity contribution is 0.153. The molecule has 2 aliphatic rings. The van der Waals surface area contributed by atoms with Crippen LogP contribution in [0.3, 0.4) is 0 Å². The molecule has 2 aliphatic heterocycles. The van der Waals surface area contributed by atoms with Crippen LogP contribution in [0, 0.1) is 5.92 Å². The first-order chi connectivity index (χ1) is 7.81. The van der Waals surface area contributed by atoms with Crippen molar-refractivity contribution in [2.24, 2.45) is 5.92 Å². The van der Waals surface area contributed by atoms with Crippen LogP contribution < -0.4 is 5.32 Å². The molecular weight excluding hydrogens is 200 g/mol. The van der Waals surface area contributed by atoms with E-state index in [0.717, 1.165) is 13.0 Å². The number of nitrogens with zero attached hydrogens (tertiary/aromatic N) is 1. The summed E-state index contributed by atoms with van der Waals surface area (Å²) in [6, 6.07) is 5.62. The second-order valence-corrected chi connectivity index (χ2v) is 4.95. The average Bonchev–Trinajstić information content (AvgIpc) is 2.23. The van der Waals surface area contributed by atoms with Gasteiger partial charge in [0.25, 0.3) is 0 Å². The Labute approximate surface area is 96.1 Å². The molecule has 0 spiro atoms. The van der Waals surface area contributed by atoms with Gasteiger partial charge in [-0.2, -0.15) is 0 Å². The number of nitrogens with one attached hydrogen (secondary N) is 1. The number of likely N-dealkylation sites (tertiary alicyclic amines) is 1. The summed E-state index contributed by atoms with van der Waals surface area (Å²) in [4.78, 5) is 2.51. The van der Waals surface area contributed by atoms with Crippen LogP contribution in [0.1, 0.15) is 12.0 Å². The van der Waals surface area contributed by atoms with Crippen molar-refractivity contribution in [2.45, 2.75) is 12.8 Å². The van der Waals surface area contributed by atoms with Crippen LogP contribution in [0.25, 0.3) is 0 Å². The monoisotopic (exact) mass is 218 g/mol. The van der Waals surface area contributed by atoms with Gasteiger partial charge in [0, 0.05) is 18.8 Å². The molecule has 86 valence electrons. The number of hydrogen-bond acceptors (Lipinski definition) is 3. The van der Waals surface area contributed by atoms with E-state index in [1.54, 1.807) is 6.07 Å². The van der Waals surface area contributed by atoms with Crippen LogP contribution in [0.4, 0.5) is 5.69 Å². The average molecular weight is 218 g/mol. The summed E-state index contributed by atoms with van der Waals surface area (Å²) in [5.41, 5.74) is 2.45. The number of hydrogen-bond donors (Lipinski definition) is 2. The number of phenolic OH excluding ortho intramolecular Hbond substituents is 1. The number of phenols is 1. The molecule has 0 amide bonds. The Morgan fingerprint density at radius 2 is 2.25 bits per heavy atom. The molecule has 1 aromatic rings. The maximum Gasteiger partial charge on any atom is 0.116 e. The molecule has 1 fully saturated rings. The maximum absolute atomic E-state index is 9.48. The third kappa shape index (κ3) is 1.87. The molecule has 1 saturated heterocycles. The zero-order valence-corrected chi connectivity index (χ0v) is 9.45. The Morgan fingerprint density at radius 1 is 1.38 bits per heavy atom. The summed E-state index contributed by atoms with van der Waals surface area (Å²) in [5.74, 6) is 1.07. The van der Waals surface area contributed by atoms with Gasteiger partial charge in [-0.3, -0.25) is 0 Å². The Hall–Kier alpha value is -1.22. The zero-order chi connectivity index (χ0) is 11.0. The predicted octanol–water partition coefficient (Wildman–Crippen LogP) is 1.68. The Kier molecular flexibility index (Phi) is 2.48. The molecule has 0 radical (unpaired) electrons. The van der Waals surface area contributed by atoms with E-state index in [1.165, 1.54) is 37.3 Å². The van der Waals surface area contributed by atoms with E-state index in [4.69, 9.17) is 0 Å². The van der Waals surface area contributed by atoms with Crippen LogP contribution in [-0.2, 0) is 6.42 Å². The molecule has 1 aromatic carbocycles. The second-order valence-electron chi connectivity index (χ2n) is 4.95. The molecule has 0 bridgehead atoms. The van der Waals surface area contributed by atoms with Crippen LogP contribution >= 0.6 is 0 Å². The smallest absolute Gasteiger partial charge is 0.116 e. The molecule has 1 atom stereocenters. The van der Waals surface area contributed by atoms with Crippen molar-refractivity contribution < 1.29 is 5.11 Å². The number of anilines is 1. The minimum absolute atomic E-state index is 0.380. The van der Waals surface area contributed by atoms with Gasteiger partial charge in [0.1, 0.15) is 5.75 Å². The largest absolute Gasteiger partial charge is 0.508 e. The van der Waals surface area contributed by atoms with Crippen molar-refractivity contribution in [3.05, 3.63) is 23.8 Å². The molecule has 3 rings (SSSR count). The topological polar surface area (TPSA) is 35.5 Å². The standard InChI is InChI=1S/C13H18N2O/c16-12-2-3-13-11(7-12)6-10(8-14-13)9-15-4-1-5-15/h2-3,7,10,14,16H,1,4-6,8-9H2. The molecule has 3 heteroatoms. The fourth-order valence-electron chi connectivity index (χ4n) is 2.62. The first kappa shape index (κ1) is 9.97. The van der Waals surface area contributed by atoms with Gasteiger partial charge in [-0.15, -0.1) is 0 Å². The molecule has 16 heavy (non-hydrogen) atoms. The SMILES string of the molecule is Oc1ccc2c(c1)CC(CN1CCC1)CN2. The number of rotatable bonds is 2. The van der Waals surface area contributed by atoms with E-state index < -0.39 is 0 Å². The fraction of sp³-hybridized carbons (Fsp3) is 0.538. The minimum atomic E-state index is 0.380. The van der Waals surface area contributed by atoms with Gasteiger partial charge in [0.15, 0.2) is 0 Å². The lowest BCUT2D eigenvalue weighted by Gasteiger charge is -2.36. The summed E-state index contributed by atoms with van der Waals surface area (Å²) in [5, 5.41) is 12.9. The van der Waals surface area contributed by atoms with Crippen molar-refractivity contribution in [3.8, 4) is 5.75 Å². The number of fused-ring (bicyclic) bond motifs is 1. The van der Waals surface area contributed by atoms with E-state index in [2.05, 4.69) is 10.2 Å². The quantitative estimate of drug-likeness (QED) is 0.741. The molecule has 2 heterocycles. The van der Waals surface area contributed by atoms with Crippen molar-refractivity contribution in [1.29, 1.82) is 0 Å². The van der Waals surface area contributed by atoms with Gasteiger partial charge in [-0.25, -0.2) is 0 Å². The highest BCUT2D eigenvalue weighted by Gasteiger charge is 2.23. The predicted molar refractivity (Wildman–Crippen MR) is 64.8 cm³/mol. The summed E-state index contributed by atoms with van der Waals surface area (Å²) in [6.07, 6.45) is 2.45. The number of aromatic hydroxyl groups is 1. The van der Waals surface area contributed by atoms with Crippen molar-refractivity contribution in [1.82, 2.24) is 4.90 Å². The Balaban J connectivity index is 1.69. The van der Waals surface area contributed by atoms with Crippen LogP contribution in [0.2, 0.25) is 0 Å². The van der Waals surface area contributed by atoms with Crippen LogP contribution in [-0.4, -0.2) is 36.2 Å². The molecule has 3 nitrogen and oxygen atoms in total. The molecule has 0 aliphatic carbocycles. The van der Waals surface area contributed by atoms with Gasteiger partial charge in [-0.1, -0.05) is 0 Å². The van der Waals surface area contributed by atoms with Crippen molar-refractivity contribution >= 4 is 5.69 Å². The van der Waals surface area contributed by atoms with E-state index in [9.17, 15) is 5.11 Å². The highest BCUT2D eigenvalue weighted by Crippen LogP contribution is 2.28. The first-order valence-electron chi connectivity index (χ1n) is 6.09. The third-order valence-electron chi connectivity index (χ3n) is 3.64. The summed E-state index contributed by atoms with van der Waals surface area (Å²) >= 11 is 0. The molecule has 0 aromatic heterocycles. The lowest BCUT2D eigenvalue weighted by Crippen LogP contribution is -2.43. The van der Waals surface area contributed by atoms with Crippen molar-refractivity contribution in [2.75, 3.05) is 31.5 Å². The van der Waals surface area contributed by atoms with Gasteiger partial charge < -0.3 is 15.3 Å². The molecule has 1 unspecified atom stereocenters. The van der Waals surface area contributed by atoms with E-state index in [-0.39, 0.29) is 0 Å². The summed E-state index contributed by atoms with van der Waals surface area (Å²) in [6.45, 7) is 4.79. The number of benzene rings is 1. The van der Waals surface area contributed by atoms with Crippen molar-refractivity contribution in [3.63, 3.8) is 0 Å². The van der Waals surface area contributed by atoms with E-state index in [0.29, 0.717) is 11.7 Å². The van der Waals surface area contributed by atoms with E-state index >= 15 is 0 Å². The molecular formula is C13H18N2O. The first-order valence-corrected chi connectivity index (χ1v) is 6.09. The Bertz CT molecular complexity index is 388.